The van der Waals surface area contributed by atoms with Gasteiger partial charge >= 0.3 is 23.1 Å². The predicted octanol–water partition coefficient (Wildman–Crippen LogP) is 7.35. The van der Waals surface area contributed by atoms with Gasteiger partial charge in [-0.25, -0.2) is 9.97 Å². The number of ketones is 2. The molecule has 6 nitrogen and oxygen atoms in total. The molecule has 0 unspecified atom stereocenters. The Balaban J connectivity index is 0.00000103. The summed E-state index contributed by atoms with van der Waals surface area (Å²) in [6, 6.07) is 6.15. The van der Waals surface area contributed by atoms with E-state index in [1.54, 1.807) is 6.92 Å². The van der Waals surface area contributed by atoms with Gasteiger partial charge in [-0.3, -0.25) is 9.59 Å². The molecule has 8 bridgehead atoms. The molecule has 7 heteroatoms. The molecule has 0 fully saturated rings. The maximum atomic E-state index is 13.2. The molecule has 0 radical (unpaired) electrons. The molecule has 5 heterocycles. The molecule has 0 spiro atoms. The van der Waals surface area contributed by atoms with E-state index in [0.29, 0.717) is 17.5 Å². The molecule has 1 atom stereocenters. The van der Waals surface area contributed by atoms with Crippen molar-refractivity contribution < 1.29 is 19.6 Å². The third-order valence-electron chi connectivity index (χ3n) is 8.40. The van der Waals surface area contributed by atoms with E-state index in [9.17, 15) is 9.59 Å². The number of H-pyrrole nitrogens is 2. The molecule has 0 saturated carbocycles. The van der Waals surface area contributed by atoms with Crippen molar-refractivity contribution in [3.05, 3.63) is 68.8 Å². The van der Waals surface area contributed by atoms with Gasteiger partial charge in [0.25, 0.3) is 0 Å². The number of allylic oxidation sites excluding steroid dienone is 2. The Labute approximate surface area is 273 Å². The standard InChI is InChI=1S/C31H31N4O2.2C2H6.CH4.Mg/c1-7-18-9-19-10-22-15(4)28(17(6)36)26(34-22)13-23-14(3)20(8-2)25(33-23)12-24-16(5)29-27(37)11-21(30(18)32-19)31(29)35-24;2*1-2;;/h10,12-13,18H,7-9,11H2,1-6H3,(H-,32,33,34,35,36,37);2*1-2H3;1H4;/q-1;;;;+2/p+1/t18-;;;;/m0..../s1. The molecular formula is C36H48MgN4O2+2. The topological polar surface area (TPSA) is 90.6 Å². The smallest absolute Gasteiger partial charge is 0.657 e. The predicted molar refractivity (Wildman–Crippen MR) is 179 cm³/mol. The summed E-state index contributed by atoms with van der Waals surface area (Å²) in [5.74, 6) is 0.447. The summed E-state index contributed by atoms with van der Waals surface area (Å²) in [6.07, 6.45) is 3.04. The van der Waals surface area contributed by atoms with Crippen molar-refractivity contribution in [3.63, 3.8) is 0 Å². The maximum Gasteiger partial charge on any atom is 2.00 e. The second-order valence-corrected chi connectivity index (χ2v) is 10.6. The van der Waals surface area contributed by atoms with Crippen molar-refractivity contribution in [1.29, 1.82) is 0 Å². The number of nitrogens with zero attached hydrogens (tertiary/aromatic N) is 2. The van der Waals surface area contributed by atoms with Gasteiger partial charge in [0.05, 0.1) is 5.92 Å². The molecule has 3 aromatic rings. The van der Waals surface area contributed by atoms with Crippen LogP contribution in [0.15, 0.2) is 18.2 Å². The maximum absolute atomic E-state index is 13.2. The summed E-state index contributed by atoms with van der Waals surface area (Å²) in [7, 11) is 0. The van der Waals surface area contributed by atoms with E-state index < -0.39 is 0 Å². The van der Waals surface area contributed by atoms with Gasteiger partial charge in [0.15, 0.2) is 23.0 Å². The zero-order valence-electron chi connectivity index (χ0n) is 27.1. The first-order valence-electron chi connectivity index (χ1n) is 15.2. The van der Waals surface area contributed by atoms with Gasteiger partial charge in [-0.15, -0.1) is 22.1 Å². The van der Waals surface area contributed by atoms with Gasteiger partial charge in [-0.2, -0.15) is 0 Å². The minimum atomic E-state index is 0. The molecule has 3 aromatic heterocycles. The van der Waals surface area contributed by atoms with E-state index in [0.717, 1.165) is 86.4 Å². The number of fused-ring (bicyclic) bond motifs is 8. The Kier molecular flexibility index (Phi) is 12.3. The number of rotatable bonds is 3. The van der Waals surface area contributed by atoms with Crippen LogP contribution < -0.4 is 19.9 Å². The number of hydrogen-bond acceptors (Lipinski definition) is 2. The Hall–Kier alpha value is -3.03. The zero-order valence-corrected chi connectivity index (χ0v) is 28.5. The molecule has 2 aliphatic heterocycles. The number of Topliss-reactive ketones (excluding diaryl/α,β-unsaturated/α-hetero) is 2. The Morgan fingerprint density at radius 2 is 1.53 bits per heavy atom. The van der Waals surface area contributed by atoms with Gasteiger partial charge in [0.1, 0.15) is 0 Å². The van der Waals surface area contributed by atoms with Crippen LogP contribution in [0.2, 0.25) is 0 Å². The number of nitrogens with one attached hydrogen (secondary N) is 2. The molecule has 224 valence electrons. The number of hydrogen-bond donors (Lipinski definition) is 0. The van der Waals surface area contributed by atoms with Gasteiger partial charge < -0.3 is 9.97 Å². The first kappa shape index (κ1) is 36.2. The zero-order chi connectivity index (χ0) is 30.2. The van der Waals surface area contributed by atoms with Crippen LogP contribution >= 0.6 is 0 Å². The summed E-state index contributed by atoms with van der Waals surface area (Å²) in [4.78, 5) is 43.1. The van der Waals surface area contributed by atoms with E-state index in [1.165, 1.54) is 5.57 Å². The minimum absolute atomic E-state index is 0. The molecule has 0 amide bonds. The van der Waals surface area contributed by atoms with Crippen LogP contribution in [-0.4, -0.2) is 34.6 Å². The Morgan fingerprint density at radius 3 is 2.14 bits per heavy atom. The van der Waals surface area contributed by atoms with E-state index >= 15 is 0 Å². The molecule has 43 heavy (non-hydrogen) atoms. The summed E-state index contributed by atoms with van der Waals surface area (Å²) >= 11 is 0. The van der Waals surface area contributed by atoms with Crippen molar-refractivity contribution in [2.24, 2.45) is 0 Å². The number of carbonyl (C=O) groups excluding carboxylic acids is 2. The number of aryl methyl sites for hydroxylation is 2. The van der Waals surface area contributed by atoms with Crippen molar-refractivity contribution in [3.8, 4) is 0 Å². The summed E-state index contributed by atoms with van der Waals surface area (Å²) in [6.45, 7) is 20.0. The van der Waals surface area contributed by atoms with E-state index in [-0.39, 0.29) is 48.0 Å². The second kappa shape index (κ2) is 14.6. The van der Waals surface area contributed by atoms with Crippen LogP contribution in [-0.2, 0) is 12.8 Å². The van der Waals surface area contributed by atoms with Crippen molar-refractivity contribution >= 4 is 67.8 Å². The fraction of sp³-hybridized carbons (Fsp3) is 0.444. The van der Waals surface area contributed by atoms with Gasteiger partial charge in [-0.05, 0) is 58.7 Å². The number of aromatic nitrogens is 4. The fourth-order valence-corrected chi connectivity index (χ4v) is 6.40. The van der Waals surface area contributed by atoms with E-state index in [1.807, 2.05) is 47.6 Å². The Bertz CT molecular complexity index is 1740. The van der Waals surface area contributed by atoms with Crippen LogP contribution in [0, 0.1) is 13.8 Å². The van der Waals surface area contributed by atoms with Crippen molar-refractivity contribution in [1.82, 2.24) is 9.97 Å². The number of carbonyl (C=O) groups is 2. The van der Waals surface area contributed by atoms with Gasteiger partial charge in [-0.1, -0.05) is 60.1 Å². The van der Waals surface area contributed by atoms with Crippen LogP contribution in [0.5, 0.6) is 0 Å². The largest absolute Gasteiger partial charge is 2.00 e. The SMILES string of the molecule is C.CC.CC.CCC1=C(C)c2cc3[n-]c(cc4[nH+]c(c5c6[n-]c(cc1[nH+]2)c(C)c6C(=O)C5)[C@@H](CC)C4)c(C)c3C(C)=O.[Mg+2]. The molecule has 6 rings (SSSR count). The molecule has 0 saturated heterocycles. The molecule has 2 N–H and O–H groups in total. The van der Waals surface area contributed by atoms with Crippen molar-refractivity contribution in [2.45, 2.75) is 108 Å². The average Bonchev–Trinajstić information content (AvgIpc) is 3.74. The van der Waals surface area contributed by atoms with Gasteiger partial charge in [0.2, 0.25) is 11.4 Å². The molecular weight excluding hydrogens is 545 g/mol. The quantitative estimate of drug-likeness (QED) is 0.235. The Morgan fingerprint density at radius 1 is 0.907 bits per heavy atom. The van der Waals surface area contributed by atoms with Crippen LogP contribution in [0.25, 0.3) is 33.2 Å². The summed E-state index contributed by atoms with van der Waals surface area (Å²) in [5, 5.41) is 0. The summed E-state index contributed by atoms with van der Waals surface area (Å²) in [5.41, 5.74) is 13.9. The average molecular weight is 593 g/mol. The van der Waals surface area contributed by atoms with Crippen LogP contribution in [0.3, 0.4) is 0 Å². The van der Waals surface area contributed by atoms with Crippen LogP contribution in [0.1, 0.15) is 142 Å². The second-order valence-electron chi connectivity index (χ2n) is 10.6. The van der Waals surface area contributed by atoms with E-state index in [4.69, 9.17) is 9.97 Å². The first-order valence-corrected chi connectivity index (χ1v) is 15.2. The van der Waals surface area contributed by atoms with Gasteiger partial charge in [0, 0.05) is 40.7 Å². The molecule has 3 aliphatic rings. The van der Waals surface area contributed by atoms with E-state index in [2.05, 4.69) is 42.9 Å². The van der Waals surface area contributed by atoms with Crippen molar-refractivity contribution in [2.75, 3.05) is 0 Å². The number of aromatic amines is 2. The third-order valence-corrected chi connectivity index (χ3v) is 8.40. The third kappa shape index (κ3) is 6.16. The monoisotopic (exact) mass is 592 g/mol. The summed E-state index contributed by atoms with van der Waals surface area (Å²) < 4.78 is 0. The van der Waals surface area contributed by atoms with Crippen LogP contribution in [0.4, 0.5) is 0 Å². The fourth-order valence-electron chi connectivity index (χ4n) is 6.40. The first-order chi connectivity index (χ1) is 19.7. The molecule has 1 aliphatic carbocycles. The molecule has 0 aromatic carbocycles. The normalized spacial score (nSPS) is 14.7. The minimum Gasteiger partial charge on any atom is -0.657 e.